The molecule has 14 heteroatoms. The molecule has 11 nitrogen and oxygen atoms in total. The summed E-state index contributed by atoms with van der Waals surface area (Å²) in [4.78, 5) is 42.2. The van der Waals surface area contributed by atoms with E-state index in [-0.39, 0.29) is 24.4 Å². The topological polar surface area (TPSA) is 106 Å². The Labute approximate surface area is 273 Å². The smallest absolute Gasteiger partial charge is 0.408 e. The quantitative estimate of drug-likeness (QED) is 0.321. The van der Waals surface area contributed by atoms with Crippen LogP contribution in [0, 0.1) is 5.41 Å². The predicted molar refractivity (Wildman–Crippen MR) is 174 cm³/mol. The Bertz CT molecular complexity index is 1540. The highest BCUT2D eigenvalue weighted by Gasteiger charge is 2.50. The maximum absolute atomic E-state index is 13.9. The van der Waals surface area contributed by atoms with E-state index in [0.29, 0.717) is 52.8 Å². The Kier molecular flexibility index (Phi) is 8.75. The predicted octanol–water partition coefficient (Wildman–Crippen LogP) is 5.91. The lowest BCUT2D eigenvalue weighted by atomic mass is 9.82. The van der Waals surface area contributed by atoms with Gasteiger partial charge in [-0.05, 0) is 83.5 Å². The Morgan fingerprint density at radius 3 is 2.49 bits per heavy atom. The summed E-state index contributed by atoms with van der Waals surface area (Å²) in [5.74, 6) is 0.570. The monoisotopic (exact) mass is 656 g/mol. The molecular weight excluding hydrogens is 613 g/mol. The minimum atomic E-state index is -4.57. The fraction of sp³-hybridized carbons (Fsp3) is 0.576. The Morgan fingerprint density at radius 2 is 1.89 bits per heavy atom. The standard InChI is InChI=1S/C33H43F3N8O3/c1-6-28(45)38-24-15-25(27(47-5)16-26(24)42-14-9-23(19-42)41(3)4)39-30-37-17-21-18-43(20(2)33(34,35)36)31(46)44(29(21)40-30)22-7-10-32(11-8-22)12-13-32/h6,15-17,20,22-23H,1,7-14,18-19H2,2-5H3,(H,38,45)(H,37,39,40)/t20-,23+/m0/s1. The molecule has 1 saturated heterocycles. The first-order valence-corrected chi connectivity index (χ1v) is 16.2. The van der Waals surface area contributed by atoms with Gasteiger partial charge in [0.2, 0.25) is 11.9 Å². The molecule has 4 aliphatic rings. The van der Waals surface area contributed by atoms with Gasteiger partial charge in [0.05, 0.1) is 30.7 Å². The van der Waals surface area contributed by atoms with Crippen molar-refractivity contribution in [2.45, 2.75) is 82.7 Å². The van der Waals surface area contributed by atoms with E-state index >= 15 is 0 Å². The minimum absolute atomic E-state index is 0.147. The molecule has 2 aromatic rings. The Hall–Kier alpha value is -4.07. The van der Waals surface area contributed by atoms with E-state index in [0.717, 1.165) is 49.9 Å². The van der Waals surface area contributed by atoms with Crippen molar-refractivity contribution in [3.8, 4) is 5.75 Å². The number of aromatic nitrogens is 2. The molecule has 1 aromatic carbocycles. The van der Waals surface area contributed by atoms with Crippen LogP contribution in [0.1, 0.15) is 57.4 Å². The van der Waals surface area contributed by atoms with Crippen molar-refractivity contribution >= 4 is 40.8 Å². The number of carbonyl (C=O) groups excluding carboxylic acids is 2. The lowest BCUT2D eigenvalue weighted by molar-refractivity contribution is -0.172. The largest absolute Gasteiger partial charge is 0.494 e. The van der Waals surface area contributed by atoms with Gasteiger partial charge in [0.25, 0.3) is 0 Å². The van der Waals surface area contributed by atoms with E-state index in [4.69, 9.17) is 9.72 Å². The number of rotatable bonds is 9. The van der Waals surface area contributed by atoms with Gasteiger partial charge in [0.1, 0.15) is 17.6 Å². The number of carbonyl (C=O) groups is 2. The first kappa shape index (κ1) is 32.9. The van der Waals surface area contributed by atoms with Gasteiger partial charge in [0.15, 0.2) is 0 Å². The number of methoxy groups -OCH3 is 1. The molecule has 3 amide bonds. The van der Waals surface area contributed by atoms with Crippen LogP contribution < -0.4 is 25.2 Å². The first-order chi connectivity index (χ1) is 22.3. The molecule has 6 rings (SSSR count). The second kappa shape index (κ2) is 12.5. The second-order valence-corrected chi connectivity index (χ2v) is 13.5. The highest BCUT2D eigenvalue weighted by Crippen LogP contribution is 2.57. The van der Waals surface area contributed by atoms with E-state index in [9.17, 15) is 22.8 Å². The Balaban J connectivity index is 1.34. The molecule has 3 fully saturated rings. The summed E-state index contributed by atoms with van der Waals surface area (Å²) >= 11 is 0. The number of benzene rings is 1. The van der Waals surface area contributed by atoms with Crippen molar-refractivity contribution < 1.29 is 27.5 Å². The molecule has 2 aliphatic carbocycles. The van der Waals surface area contributed by atoms with Gasteiger partial charge < -0.3 is 30.1 Å². The summed E-state index contributed by atoms with van der Waals surface area (Å²) in [6.07, 6.45) is 4.71. The van der Waals surface area contributed by atoms with Crippen LogP contribution in [0.2, 0.25) is 0 Å². The van der Waals surface area contributed by atoms with Gasteiger partial charge in [0, 0.05) is 43.0 Å². The highest BCUT2D eigenvalue weighted by atomic mass is 19.4. The number of likely N-dealkylation sites (N-methyl/N-ethyl adjacent to an activating group) is 1. The summed E-state index contributed by atoms with van der Waals surface area (Å²) in [6, 6.07) is 1.02. The van der Waals surface area contributed by atoms with Crippen LogP contribution in [0.5, 0.6) is 5.75 Å². The van der Waals surface area contributed by atoms with Crippen LogP contribution in [0.4, 0.5) is 46.8 Å². The van der Waals surface area contributed by atoms with Crippen molar-refractivity contribution in [3.05, 3.63) is 36.5 Å². The van der Waals surface area contributed by atoms with Gasteiger partial charge in [-0.1, -0.05) is 6.58 Å². The zero-order valence-corrected chi connectivity index (χ0v) is 27.4. The van der Waals surface area contributed by atoms with Crippen LogP contribution in [0.15, 0.2) is 31.0 Å². The highest BCUT2D eigenvalue weighted by molar-refractivity contribution is 6.02. The normalized spacial score (nSPS) is 21.6. The lowest BCUT2D eigenvalue weighted by Gasteiger charge is -2.44. The van der Waals surface area contributed by atoms with Gasteiger partial charge in [-0.3, -0.25) is 9.69 Å². The summed E-state index contributed by atoms with van der Waals surface area (Å²) < 4.78 is 47.3. The summed E-state index contributed by atoms with van der Waals surface area (Å²) in [5.41, 5.74) is 2.58. The molecule has 0 bridgehead atoms. The zero-order chi connectivity index (χ0) is 33.7. The number of amides is 3. The maximum Gasteiger partial charge on any atom is 0.408 e. The summed E-state index contributed by atoms with van der Waals surface area (Å²) in [7, 11) is 5.63. The number of nitrogens with one attached hydrogen (secondary N) is 2. The molecule has 47 heavy (non-hydrogen) atoms. The molecule has 2 atom stereocenters. The van der Waals surface area contributed by atoms with E-state index in [1.54, 1.807) is 13.2 Å². The van der Waals surface area contributed by atoms with Crippen LogP contribution in [0.25, 0.3) is 0 Å². The molecule has 2 aliphatic heterocycles. The zero-order valence-electron chi connectivity index (χ0n) is 27.4. The number of halogens is 3. The maximum atomic E-state index is 13.9. The summed E-state index contributed by atoms with van der Waals surface area (Å²) in [6.45, 7) is 5.91. The average Bonchev–Trinajstić information content (AvgIpc) is 3.59. The van der Waals surface area contributed by atoms with Gasteiger partial charge in [-0.25, -0.2) is 9.78 Å². The van der Waals surface area contributed by atoms with Crippen LogP contribution >= 0.6 is 0 Å². The number of nitrogens with zero attached hydrogens (tertiary/aromatic N) is 6. The van der Waals surface area contributed by atoms with Crippen molar-refractivity contribution in [2.24, 2.45) is 5.41 Å². The number of hydrogen-bond donors (Lipinski definition) is 2. The molecule has 1 spiro atoms. The summed E-state index contributed by atoms with van der Waals surface area (Å²) in [5, 5.41) is 6.09. The molecule has 254 valence electrons. The van der Waals surface area contributed by atoms with Crippen molar-refractivity contribution in [2.75, 3.05) is 54.7 Å². The van der Waals surface area contributed by atoms with Crippen LogP contribution in [0.3, 0.4) is 0 Å². The molecule has 3 heterocycles. The molecular formula is C33H43F3N8O3. The number of urea groups is 1. The third-order valence-electron chi connectivity index (χ3n) is 10.4. The molecule has 0 unspecified atom stereocenters. The third-order valence-corrected chi connectivity index (χ3v) is 10.4. The van der Waals surface area contributed by atoms with Crippen molar-refractivity contribution in [1.82, 2.24) is 19.8 Å². The van der Waals surface area contributed by atoms with Gasteiger partial charge >= 0.3 is 12.2 Å². The first-order valence-electron chi connectivity index (χ1n) is 16.2. The van der Waals surface area contributed by atoms with E-state index in [2.05, 4.69) is 32.0 Å². The van der Waals surface area contributed by atoms with Crippen molar-refractivity contribution in [3.63, 3.8) is 0 Å². The fourth-order valence-electron chi connectivity index (χ4n) is 7.10. The van der Waals surface area contributed by atoms with Gasteiger partial charge in [-0.15, -0.1) is 0 Å². The van der Waals surface area contributed by atoms with E-state index < -0.39 is 18.2 Å². The van der Waals surface area contributed by atoms with Crippen LogP contribution in [-0.2, 0) is 11.3 Å². The molecule has 0 radical (unpaired) electrons. The average molecular weight is 657 g/mol. The number of alkyl halides is 3. The number of ether oxygens (including phenoxy) is 1. The Morgan fingerprint density at radius 1 is 1.17 bits per heavy atom. The third kappa shape index (κ3) is 6.56. The van der Waals surface area contributed by atoms with E-state index in [1.807, 2.05) is 20.2 Å². The van der Waals surface area contributed by atoms with Gasteiger partial charge in [-0.2, -0.15) is 18.2 Å². The minimum Gasteiger partial charge on any atom is -0.494 e. The second-order valence-electron chi connectivity index (χ2n) is 13.5. The SMILES string of the molecule is C=CC(=O)Nc1cc(Nc2ncc3c(n2)N(C2CCC4(CC2)CC4)C(=O)N([C@@H](C)C(F)(F)F)C3)c(OC)cc1N1CC[C@@H](N(C)C)C1. The lowest BCUT2D eigenvalue weighted by Crippen LogP contribution is -2.58. The van der Waals surface area contributed by atoms with E-state index in [1.165, 1.54) is 30.0 Å². The molecule has 1 aromatic heterocycles. The molecule has 2 N–H and O–H groups in total. The number of anilines is 5. The number of hydrogen-bond acceptors (Lipinski definition) is 8. The van der Waals surface area contributed by atoms with Crippen LogP contribution in [-0.4, -0.2) is 90.3 Å². The number of fused-ring (bicyclic) bond motifs is 1. The van der Waals surface area contributed by atoms with Crippen molar-refractivity contribution in [1.29, 1.82) is 0 Å². The molecule has 2 saturated carbocycles. The fourth-order valence-corrected chi connectivity index (χ4v) is 7.10.